The summed E-state index contributed by atoms with van der Waals surface area (Å²) in [6.45, 7) is 1.71. The van der Waals surface area contributed by atoms with E-state index in [1.807, 2.05) is 0 Å². The third kappa shape index (κ3) is 1.41. The van der Waals surface area contributed by atoms with Crippen LogP contribution < -0.4 is 0 Å². The summed E-state index contributed by atoms with van der Waals surface area (Å²) in [5.74, 6) is 0. The minimum Gasteiger partial charge on any atom is -0.389 e. The number of nitrogens with zero attached hydrogens (tertiary/aromatic N) is 1. The molecule has 1 atom stereocenters. The van der Waals surface area contributed by atoms with Gasteiger partial charge in [-0.2, -0.15) is 5.10 Å². The molecule has 0 radical (unpaired) electrons. The molecule has 0 aliphatic rings. The number of fused-ring (bicyclic) bond motifs is 1. The van der Waals surface area contributed by atoms with Crippen molar-refractivity contribution < 1.29 is 5.11 Å². The summed E-state index contributed by atoms with van der Waals surface area (Å²) in [5, 5.41) is 17.7. The first-order valence-corrected chi connectivity index (χ1v) is 4.37. The average Bonchev–Trinajstić information content (AvgIpc) is 2.49. The lowest BCUT2D eigenvalue weighted by Crippen LogP contribution is -1.91. The lowest BCUT2D eigenvalue weighted by atomic mass is 10.1. The van der Waals surface area contributed by atoms with Gasteiger partial charge in [0.15, 0.2) is 0 Å². The highest BCUT2D eigenvalue weighted by atomic mass is 35.5. The van der Waals surface area contributed by atoms with Crippen LogP contribution in [-0.2, 0) is 0 Å². The maximum atomic E-state index is 9.46. The Kier molecular flexibility index (Phi) is 1.98. The third-order valence-corrected chi connectivity index (χ3v) is 2.22. The number of aromatic nitrogens is 2. The maximum Gasteiger partial charge on any atom is 0.0769 e. The SMILES string of the molecule is CC(O)c1cc(Cl)cc2[nH]ncc12. The molecule has 1 aromatic carbocycles. The number of H-pyrrole nitrogens is 1. The van der Waals surface area contributed by atoms with Crippen molar-refractivity contribution in [1.29, 1.82) is 0 Å². The molecule has 0 saturated heterocycles. The zero-order valence-electron chi connectivity index (χ0n) is 7.08. The molecule has 1 unspecified atom stereocenters. The zero-order valence-corrected chi connectivity index (χ0v) is 7.84. The molecule has 1 heterocycles. The van der Waals surface area contributed by atoms with Gasteiger partial charge in [0.2, 0.25) is 0 Å². The quantitative estimate of drug-likeness (QED) is 0.735. The van der Waals surface area contributed by atoms with E-state index in [1.54, 1.807) is 25.3 Å². The third-order valence-electron chi connectivity index (χ3n) is 2.01. The molecule has 3 nitrogen and oxygen atoms in total. The van der Waals surface area contributed by atoms with Gasteiger partial charge in [-0.05, 0) is 24.6 Å². The molecule has 2 rings (SSSR count). The molecule has 13 heavy (non-hydrogen) atoms. The smallest absolute Gasteiger partial charge is 0.0769 e. The fourth-order valence-electron chi connectivity index (χ4n) is 1.39. The molecule has 0 bridgehead atoms. The van der Waals surface area contributed by atoms with E-state index < -0.39 is 6.10 Å². The molecule has 0 aliphatic heterocycles. The second-order valence-corrected chi connectivity index (χ2v) is 3.44. The van der Waals surface area contributed by atoms with Crippen LogP contribution in [0, 0.1) is 0 Å². The normalized spacial score (nSPS) is 13.5. The summed E-state index contributed by atoms with van der Waals surface area (Å²) in [7, 11) is 0. The molecule has 0 spiro atoms. The van der Waals surface area contributed by atoms with Gasteiger partial charge in [-0.15, -0.1) is 0 Å². The van der Waals surface area contributed by atoms with Gasteiger partial charge in [-0.3, -0.25) is 5.10 Å². The summed E-state index contributed by atoms with van der Waals surface area (Å²) in [4.78, 5) is 0. The largest absolute Gasteiger partial charge is 0.389 e. The molecular formula is C9H9ClN2O. The average molecular weight is 197 g/mol. The Bertz CT molecular complexity index is 436. The van der Waals surface area contributed by atoms with E-state index in [2.05, 4.69) is 10.2 Å². The van der Waals surface area contributed by atoms with Crippen LogP contribution in [0.1, 0.15) is 18.6 Å². The molecular weight excluding hydrogens is 188 g/mol. The molecule has 1 aromatic heterocycles. The van der Waals surface area contributed by atoms with Gasteiger partial charge < -0.3 is 5.11 Å². The Morgan fingerprint density at radius 2 is 2.31 bits per heavy atom. The van der Waals surface area contributed by atoms with Crippen molar-refractivity contribution in [2.24, 2.45) is 0 Å². The Morgan fingerprint density at radius 3 is 3.00 bits per heavy atom. The Hall–Kier alpha value is -1.06. The van der Waals surface area contributed by atoms with Gasteiger partial charge in [0, 0.05) is 10.4 Å². The standard InChI is InChI=1S/C9H9ClN2O/c1-5(13)7-2-6(10)3-9-8(7)4-11-12-9/h2-5,13H,1H3,(H,11,12). The Morgan fingerprint density at radius 1 is 1.54 bits per heavy atom. The first kappa shape index (κ1) is 8.53. The van der Waals surface area contributed by atoms with Crippen LogP contribution in [0.3, 0.4) is 0 Å². The monoisotopic (exact) mass is 196 g/mol. The van der Waals surface area contributed by atoms with E-state index >= 15 is 0 Å². The number of nitrogens with one attached hydrogen (secondary N) is 1. The summed E-state index contributed by atoms with van der Waals surface area (Å²) in [6, 6.07) is 3.54. The van der Waals surface area contributed by atoms with Gasteiger partial charge in [0.25, 0.3) is 0 Å². The highest BCUT2D eigenvalue weighted by Crippen LogP contribution is 2.26. The van der Waals surface area contributed by atoms with Crippen LogP contribution in [0.25, 0.3) is 10.9 Å². The summed E-state index contributed by atoms with van der Waals surface area (Å²) >= 11 is 5.87. The predicted octanol–water partition coefficient (Wildman–Crippen LogP) is 2.27. The van der Waals surface area contributed by atoms with Crippen LogP contribution >= 0.6 is 11.6 Å². The van der Waals surface area contributed by atoms with Crippen molar-refractivity contribution in [1.82, 2.24) is 10.2 Å². The molecule has 0 aliphatic carbocycles. The van der Waals surface area contributed by atoms with Gasteiger partial charge >= 0.3 is 0 Å². The second kappa shape index (κ2) is 3.01. The maximum absolute atomic E-state index is 9.46. The van der Waals surface area contributed by atoms with E-state index in [4.69, 9.17) is 11.6 Å². The van der Waals surface area contributed by atoms with Gasteiger partial charge in [0.1, 0.15) is 0 Å². The number of hydrogen-bond donors (Lipinski definition) is 2. The molecule has 2 N–H and O–H groups in total. The number of aliphatic hydroxyl groups is 1. The van der Waals surface area contributed by atoms with Crippen LogP contribution in [0.15, 0.2) is 18.3 Å². The van der Waals surface area contributed by atoms with Crippen LogP contribution in [0.4, 0.5) is 0 Å². The van der Waals surface area contributed by atoms with Gasteiger partial charge in [0.05, 0.1) is 17.8 Å². The van der Waals surface area contributed by atoms with E-state index in [0.717, 1.165) is 16.5 Å². The summed E-state index contributed by atoms with van der Waals surface area (Å²) in [6.07, 6.45) is 1.16. The number of hydrogen-bond acceptors (Lipinski definition) is 2. The number of benzene rings is 1. The van der Waals surface area contributed by atoms with E-state index in [0.29, 0.717) is 5.02 Å². The van der Waals surface area contributed by atoms with Crippen molar-refractivity contribution in [3.05, 3.63) is 28.9 Å². The number of aromatic amines is 1. The number of aliphatic hydroxyl groups excluding tert-OH is 1. The number of rotatable bonds is 1. The lowest BCUT2D eigenvalue weighted by Gasteiger charge is -2.05. The molecule has 68 valence electrons. The molecule has 4 heteroatoms. The van der Waals surface area contributed by atoms with Crippen molar-refractivity contribution in [2.45, 2.75) is 13.0 Å². The highest BCUT2D eigenvalue weighted by Gasteiger charge is 2.08. The fraction of sp³-hybridized carbons (Fsp3) is 0.222. The van der Waals surface area contributed by atoms with Crippen molar-refractivity contribution in [3.63, 3.8) is 0 Å². The number of halogens is 1. The minimum absolute atomic E-state index is 0.529. The lowest BCUT2D eigenvalue weighted by molar-refractivity contribution is 0.201. The van der Waals surface area contributed by atoms with E-state index in [1.165, 1.54) is 0 Å². The molecule has 0 fully saturated rings. The topological polar surface area (TPSA) is 48.9 Å². The second-order valence-electron chi connectivity index (χ2n) is 3.00. The van der Waals surface area contributed by atoms with Crippen LogP contribution in [0.2, 0.25) is 5.02 Å². The highest BCUT2D eigenvalue weighted by molar-refractivity contribution is 6.31. The zero-order chi connectivity index (χ0) is 9.42. The van der Waals surface area contributed by atoms with Crippen molar-refractivity contribution >= 4 is 22.5 Å². The van der Waals surface area contributed by atoms with E-state index in [9.17, 15) is 5.11 Å². The minimum atomic E-state index is -0.529. The van der Waals surface area contributed by atoms with E-state index in [-0.39, 0.29) is 0 Å². The molecule has 0 amide bonds. The van der Waals surface area contributed by atoms with Gasteiger partial charge in [-0.25, -0.2) is 0 Å². The fourth-order valence-corrected chi connectivity index (χ4v) is 1.61. The summed E-state index contributed by atoms with van der Waals surface area (Å²) in [5.41, 5.74) is 1.65. The summed E-state index contributed by atoms with van der Waals surface area (Å²) < 4.78 is 0. The Balaban J connectivity index is 2.77. The van der Waals surface area contributed by atoms with Crippen LogP contribution in [-0.4, -0.2) is 15.3 Å². The first-order chi connectivity index (χ1) is 6.18. The van der Waals surface area contributed by atoms with Crippen molar-refractivity contribution in [3.8, 4) is 0 Å². The van der Waals surface area contributed by atoms with Gasteiger partial charge in [-0.1, -0.05) is 11.6 Å². The predicted molar refractivity (Wildman–Crippen MR) is 51.7 cm³/mol. The Labute approximate surface area is 80.3 Å². The molecule has 2 aromatic rings. The van der Waals surface area contributed by atoms with Crippen molar-refractivity contribution in [2.75, 3.05) is 0 Å². The molecule has 0 saturated carbocycles. The van der Waals surface area contributed by atoms with Crippen LogP contribution in [0.5, 0.6) is 0 Å². The first-order valence-electron chi connectivity index (χ1n) is 3.99.